The van der Waals surface area contributed by atoms with Crippen LogP contribution in [0, 0.1) is 17.3 Å². The summed E-state index contributed by atoms with van der Waals surface area (Å²) in [5.41, 5.74) is 2.49. The summed E-state index contributed by atoms with van der Waals surface area (Å²) in [6.45, 7) is 6.01. The van der Waals surface area contributed by atoms with Gasteiger partial charge in [0.15, 0.2) is 11.4 Å². The quantitative estimate of drug-likeness (QED) is 0.212. The third-order valence-corrected chi connectivity index (χ3v) is 8.56. The lowest BCUT2D eigenvalue weighted by atomic mass is 9.57. The fraction of sp³-hybridized carbons (Fsp3) is 0.533. The lowest BCUT2D eigenvalue weighted by molar-refractivity contribution is -0.153. The topological polar surface area (TPSA) is 194 Å². The molecule has 1 saturated carbocycles. The second-order valence-corrected chi connectivity index (χ2v) is 13.1. The van der Waals surface area contributed by atoms with E-state index in [1.165, 1.54) is 4.90 Å². The largest absolute Gasteiger partial charge is 0.508 e. The summed E-state index contributed by atoms with van der Waals surface area (Å²) in [6.07, 6.45) is 0.925. The molecule has 42 heavy (non-hydrogen) atoms. The number of nitrogens with zero attached hydrogens (tertiary/aromatic N) is 2. The van der Waals surface area contributed by atoms with Crippen LogP contribution in [0.4, 0.5) is 11.4 Å². The number of rotatable bonds is 6. The lowest BCUT2D eigenvalue weighted by Crippen LogP contribution is -2.65. The SMILES string of the molecule is CN(C)c1cc(NC(=O)CCC(C)(C)C)c(O)c2c1CC1CC3[C@@H](N(C)C)C(=O)C(C(N)=O)=C(O)[C@@]3(O)C(=O)C1=C2O. The van der Waals surface area contributed by atoms with Gasteiger partial charge >= 0.3 is 0 Å². The van der Waals surface area contributed by atoms with Crippen molar-refractivity contribution in [1.29, 1.82) is 0 Å². The molecule has 2 amide bonds. The fourth-order valence-corrected chi connectivity index (χ4v) is 6.49. The molecule has 0 heterocycles. The van der Waals surface area contributed by atoms with Crippen molar-refractivity contribution in [2.24, 2.45) is 23.0 Å². The first kappa shape index (κ1) is 31.0. The first-order chi connectivity index (χ1) is 19.3. The molecule has 1 fully saturated rings. The number of phenols is 1. The number of hydrogen-bond donors (Lipinski definition) is 6. The van der Waals surface area contributed by atoms with Crippen LogP contribution in [0.2, 0.25) is 0 Å². The van der Waals surface area contributed by atoms with Gasteiger partial charge in [-0.3, -0.25) is 24.1 Å². The van der Waals surface area contributed by atoms with E-state index in [1.807, 2.05) is 20.8 Å². The number of nitrogens with two attached hydrogens (primary N) is 1. The monoisotopic (exact) mass is 584 g/mol. The van der Waals surface area contributed by atoms with Gasteiger partial charge in [-0.1, -0.05) is 20.8 Å². The highest BCUT2D eigenvalue weighted by Crippen LogP contribution is 2.54. The molecule has 0 aromatic heterocycles. The maximum Gasteiger partial charge on any atom is 0.255 e. The highest BCUT2D eigenvalue weighted by Gasteiger charge is 2.64. The molecular formula is C30H40N4O8. The van der Waals surface area contributed by atoms with E-state index in [0.29, 0.717) is 17.7 Å². The normalized spacial score (nSPS) is 25.7. The number of benzene rings is 1. The van der Waals surface area contributed by atoms with Crippen LogP contribution in [0.3, 0.4) is 0 Å². The first-order valence-electron chi connectivity index (χ1n) is 13.8. The Morgan fingerprint density at radius 3 is 2.26 bits per heavy atom. The van der Waals surface area contributed by atoms with Crippen molar-refractivity contribution < 1.29 is 39.6 Å². The van der Waals surface area contributed by atoms with Gasteiger partial charge in [-0.25, -0.2) is 0 Å². The van der Waals surface area contributed by atoms with Gasteiger partial charge in [0.1, 0.15) is 22.8 Å². The molecule has 0 aliphatic heterocycles. The summed E-state index contributed by atoms with van der Waals surface area (Å²) in [6, 6.07) is 0.443. The molecule has 4 atom stereocenters. The van der Waals surface area contributed by atoms with E-state index in [0.717, 1.165) is 0 Å². The number of anilines is 2. The number of carbonyl (C=O) groups is 4. The summed E-state index contributed by atoms with van der Waals surface area (Å²) in [5, 5.41) is 48.4. The molecule has 12 nitrogen and oxygen atoms in total. The highest BCUT2D eigenvalue weighted by atomic mass is 16.3. The number of likely N-dealkylation sites (N-methyl/N-ethyl adjacent to an activating group) is 1. The Kier molecular flexibility index (Phi) is 7.71. The second-order valence-electron chi connectivity index (χ2n) is 13.1. The van der Waals surface area contributed by atoms with Crippen LogP contribution in [0.15, 0.2) is 23.0 Å². The Morgan fingerprint density at radius 2 is 1.74 bits per heavy atom. The number of phenolic OH excluding ortho intramolecular Hbond substituents is 1. The fourth-order valence-electron chi connectivity index (χ4n) is 6.49. The molecule has 1 aromatic carbocycles. The number of Topliss-reactive ketones (excluding diaryl/α,β-unsaturated/α-hetero) is 2. The van der Waals surface area contributed by atoms with Gasteiger partial charge < -0.3 is 36.4 Å². The molecule has 2 unspecified atom stereocenters. The molecule has 0 radical (unpaired) electrons. The van der Waals surface area contributed by atoms with Crippen LogP contribution in [0.25, 0.3) is 5.76 Å². The second kappa shape index (κ2) is 10.4. The maximum atomic E-state index is 14.1. The van der Waals surface area contributed by atoms with Gasteiger partial charge in [-0.2, -0.15) is 0 Å². The summed E-state index contributed by atoms with van der Waals surface area (Å²) < 4.78 is 0. The van der Waals surface area contributed by atoms with Crippen molar-refractivity contribution >= 4 is 40.5 Å². The Hall–Kier alpha value is -3.90. The van der Waals surface area contributed by atoms with E-state index in [9.17, 15) is 39.6 Å². The predicted molar refractivity (Wildman–Crippen MR) is 156 cm³/mol. The number of aliphatic hydroxyl groups is 3. The van der Waals surface area contributed by atoms with Gasteiger partial charge in [0, 0.05) is 37.7 Å². The minimum atomic E-state index is -2.72. The average Bonchev–Trinajstić information content (AvgIpc) is 2.85. The molecule has 3 aliphatic carbocycles. The summed E-state index contributed by atoms with van der Waals surface area (Å²) in [5.74, 6) is -7.59. The minimum Gasteiger partial charge on any atom is -0.508 e. The van der Waals surface area contributed by atoms with Crippen molar-refractivity contribution in [1.82, 2.24) is 4.90 Å². The number of ketones is 2. The number of aliphatic hydroxyl groups excluding tert-OH is 2. The third kappa shape index (κ3) is 4.82. The predicted octanol–water partition coefficient (Wildman–Crippen LogP) is 1.79. The molecule has 3 aliphatic rings. The van der Waals surface area contributed by atoms with Crippen LogP contribution in [-0.2, 0) is 25.6 Å². The first-order valence-corrected chi connectivity index (χ1v) is 13.8. The number of aromatic hydroxyl groups is 1. The van der Waals surface area contributed by atoms with Gasteiger partial charge in [0.05, 0.1) is 17.3 Å². The molecule has 0 spiro atoms. The smallest absolute Gasteiger partial charge is 0.255 e. The van der Waals surface area contributed by atoms with Gasteiger partial charge in [0.2, 0.25) is 11.7 Å². The van der Waals surface area contributed by atoms with Crippen LogP contribution in [0.5, 0.6) is 5.75 Å². The Morgan fingerprint density at radius 1 is 1.12 bits per heavy atom. The van der Waals surface area contributed by atoms with E-state index in [2.05, 4.69) is 5.32 Å². The van der Waals surface area contributed by atoms with Crippen LogP contribution >= 0.6 is 0 Å². The van der Waals surface area contributed by atoms with E-state index < -0.39 is 63.8 Å². The van der Waals surface area contributed by atoms with Crippen LogP contribution in [-0.4, -0.2) is 88.5 Å². The lowest BCUT2D eigenvalue weighted by Gasteiger charge is -2.50. The average molecular weight is 585 g/mol. The molecule has 228 valence electrons. The van der Waals surface area contributed by atoms with E-state index in [1.54, 1.807) is 39.2 Å². The van der Waals surface area contributed by atoms with Crippen molar-refractivity contribution in [3.8, 4) is 5.75 Å². The van der Waals surface area contributed by atoms with Gasteiger partial charge in [-0.05, 0) is 56.3 Å². The minimum absolute atomic E-state index is 0.00924. The number of carbonyl (C=O) groups excluding carboxylic acids is 4. The third-order valence-electron chi connectivity index (χ3n) is 8.56. The number of hydrogen-bond acceptors (Lipinski definition) is 10. The summed E-state index contributed by atoms with van der Waals surface area (Å²) >= 11 is 0. The van der Waals surface area contributed by atoms with Crippen molar-refractivity contribution in [3.63, 3.8) is 0 Å². The molecule has 7 N–H and O–H groups in total. The molecule has 4 rings (SSSR count). The number of primary amides is 1. The number of fused-ring (bicyclic) bond motifs is 3. The Balaban J connectivity index is 1.89. The zero-order chi connectivity index (χ0) is 31.6. The van der Waals surface area contributed by atoms with Crippen molar-refractivity contribution in [2.45, 2.75) is 58.1 Å². The molecule has 12 heteroatoms. The van der Waals surface area contributed by atoms with Crippen LogP contribution < -0.4 is 16.0 Å². The summed E-state index contributed by atoms with van der Waals surface area (Å²) in [4.78, 5) is 55.4. The molecule has 1 aromatic rings. The Labute approximate surface area is 244 Å². The number of amides is 2. The zero-order valence-corrected chi connectivity index (χ0v) is 25.0. The van der Waals surface area contributed by atoms with Gasteiger partial charge in [-0.15, -0.1) is 0 Å². The van der Waals surface area contributed by atoms with E-state index in [4.69, 9.17) is 5.73 Å². The van der Waals surface area contributed by atoms with Crippen LogP contribution in [0.1, 0.15) is 51.2 Å². The van der Waals surface area contributed by atoms with Crippen molar-refractivity contribution in [2.75, 3.05) is 38.4 Å². The Bertz CT molecular complexity index is 1450. The molecular weight excluding hydrogens is 544 g/mol. The molecule has 0 saturated heterocycles. The van der Waals surface area contributed by atoms with E-state index in [-0.39, 0.29) is 47.4 Å². The van der Waals surface area contributed by atoms with E-state index >= 15 is 0 Å². The maximum absolute atomic E-state index is 14.1. The van der Waals surface area contributed by atoms with Gasteiger partial charge in [0.25, 0.3) is 5.91 Å². The molecule has 0 bridgehead atoms. The van der Waals surface area contributed by atoms with Crippen molar-refractivity contribution in [3.05, 3.63) is 34.1 Å². The highest BCUT2D eigenvalue weighted by molar-refractivity contribution is 6.24. The zero-order valence-electron chi connectivity index (χ0n) is 25.0. The summed E-state index contributed by atoms with van der Waals surface area (Å²) in [7, 11) is 6.61. The number of nitrogens with one attached hydrogen (secondary N) is 1. The standard InChI is InChI=1S/C30H40N4O8/c1-29(2,3)9-8-18(35)32-16-12-17(33(4)5)14-10-13-11-15-22(34(6)7)25(38)21(28(31)41)27(40)30(15,42)26(39)19(13)24(37)20(14)23(16)36/h12-13,15,22,36-37,40,42H,8-11H2,1-7H3,(H2,31,41)(H,32,35)/t13?,15?,22-,30+/m1/s1.